The van der Waals surface area contributed by atoms with E-state index >= 15 is 0 Å². The second kappa shape index (κ2) is 5.57. The maximum absolute atomic E-state index is 13.0. The van der Waals surface area contributed by atoms with Gasteiger partial charge in [0.05, 0.1) is 12.5 Å². The molecule has 2 atom stereocenters. The zero-order chi connectivity index (χ0) is 13.8. The monoisotopic (exact) mass is 263 g/mol. The van der Waals surface area contributed by atoms with Crippen molar-refractivity contribution in [2.24, 2.45) is 5.41 Å². The molecule has 2 N–H and O–H groups in total. The van der Waals surface area contributed by atoms with E-state index in [2.05, 4.69) is 10.6 Å². The van der Waals surface area contributed by atoms with E-state index in [9.17, 15) is 18.0 Å². The molecular formula is C11H16F3N3O. The van der Waals surface area contributed by atoms with Crippen molar-refractivity contribution in [3.05, 3.63) is 0 Å². The van der Waals surface area contributed by atoms with Crippen LogP contribution in [0.4, 0.5) is 13.2 Å². The highest BCUT2D eigenvalue weighted by Crippen LogP contribution is 2.43. The summed E-state index contributed by atoms with van der Waals surface area (Å²) < 4.78 is 39.1. The van der Waals surface area contributed by atoms with E-state index in [0.717, 1.165) is 0 Å². The second-order valence-electron chi connectivity index (χ2n) is 4.45. The van der Waals surface area contributed by atoms with Gasteiger partial charge in [-0.15, -0.1) is 0 Å². The topological polar surface area (TPSA) is 64.9 Å². The molecule has 2 unspecified atom stereocenters. The van der Waals surface area contributed by atoms with Crippen LogP contribution in [0.5, 0.6) is 0 Å². The molecule has 102 valence electrons. The Balaban J connectivity index is 2.82. The third-order valence-electron chi connectivity index (χ3n) is 3.30. The Bertz CT molecular complexity index is 342. The van der Waals surface area contributed by atoms with E-state index in [4.69, 9.17) is 5.26 Å². The summed E-state index contributed by atoms with van der Waals surface area (Å²) in [5.41, 5.74) is -2.35. The smallest absolute Gasteiger partial charge is 0.352 e. The Morgan fingerprint density at radius 2 is 2.28 bits per heavy atom. The van der Waals surface area contributed by atoms with Gasteiger partial charge in [0.15, 0.2) is 5.41 Å². The highest BCUT2D eigenvalue weighted by atomic mass is 19.4. The summed E-state index contributed by atoms with van der Waals surface area (Å²) in [4.78, 5) is 11.9. The van der Waals surface area contributed by atoms with E-state index in [-0.39, 0.29) is 19.4 Å². The van der Waals surface area contributed by atoms with Crippen molar-refractivity contribution in [2.45, 2.75) is 38.4 Å². The third kappa shape index (κ3) is 2.75. The largest absolute Gasteiger partial charge is 0.404 e. The molecular weight excluding hydrogens is 247 g/mol. The van der Waals surface area contributed by atoms with Gasteiger partial charge in [-0.25, -0.2) is 0 Å². The number of hydrogen-bond donors (Lipinski definition) is 2. The Kier molecular flexibility index (Phi) is 4.57. The highest BCUT2D eigenvalue weighted by molar-refractivity contribution is 5.84. The average molecular weight is 263 g/mol. The van der Waals surface area contributed by atoms with Gasteiger partial charge in [-0.3, -0.25) is 4.79 Å². The molecule has 0 spiro atoms. The number of amides is 1. The van der Waals surface area contributed by atoms with Crippen LogP contribution < -0.4 is 10.6 Å². The van der Waals surface area contributed by atoms with Crippen molar-refractivity contribution < 1.29 is 18.0 Å². The standard InChI is InChI=1S/C11H16F3N3O/c1-2-8(3-5-15)17-9(18)10(11(12,13)14)4-6-16-7-10/h8,16H,2-4,6-7H2,1H3,(H,17,18). The summed E-state index contributed by atoms with van der Waals surface area (Å²) in [5.74, 6) is -1.03. The molecule has 0 saturated carbocycles. The van der Waals surface area contributed by atoms with Crippen molar-refractivity contribution in [3.63, 3.8) is 0 Å². The molecule has 1 aliphatic heterocycles. The van der Waals surface area contributed by atoms with E-state index in [1.165, 1.54) is 0 Å². The Hall–Kier alpha value is -1.29. The first kappa shape index (κ1) is 14.8. The number of hydrogen-bond acceptors (Lipinski definition) is 3. The van der Waals surface area contributed by atoms with Gasteiger partial charge in [0.1, 0.15) is 0 Å². The minimum Gasteiger partial charge on any atom is -0.352 e. The Morgan fingerprint density at radius 3 is 2.67 bits per heavy atom. The fourth-order valence-electron chi connectivity index (χ4n) is 1.99. The average Bonchev–Trinajstić information content (AvgIpc) is 2.77. The molecule has 0 aromatic rings. The lowest BCUT2D eigenvalue weighted by Crippen LogP contribution is -2.54. The lowest BCUT2D eigenvalue weighted by Gasteiger charge is -2.31. The fourth-order valence-corrected chi connectivity index (χ4v) is 1.99. The van der Waals surface area contributed by atoms with Gasteiger partial charge in [0.2, 0.25) is 5.91 Å². The molecule has 18 heavy (non-hydrogen) atoms. The van der Waals surface area contributed by atoms with Crippen molar-refractivity contribution in [1.29, 1.82) is 5.26 Å². The normalized spacial score (nSPS) is 25.5. The van der Waals surface area contributed by atoms with Gasteiger partial charge in [-0.05, 0) is 19.4 Å². The maximum atomic E-state index is 13.0. The van der Waals surface area contributed by atoms with Gasteiger partial charge in [-0.2, -0.15) is 18.4 Å². The van der Waals surface area contributed by atoms with Gasteiger partial charge in [0, 0.05) is 12.6 Å². The Morgan fingerprint density at radius 1 is 1.61 bits per heavy atom. The van der Waals surface area contributed by atoms with Crippen LogP contribution in [0.2, 0.25) is 0 Å². The highest BCUT2D eigenvalue weighted by Gasteiger charge is 2.61. The number of nitriles is 1. The first-order valence-corrected chi connectivity index (χ1v) is 5.82. The fraction of sp³-hybridized carbons (Fsp3) is 0.818. The zero-order valence-electron chi connectivity index (χ0n) is 10.1. The number of carbonyl (C=O) groups excluding carboxylic acids is 1. The van der Waals surface area contributed by atoms with Crippen LogP contribution in [-0.4, -0.2) is 31.2 Å². The summed E-state index contributed by atoms with van der Waals surface area (Å²) in [6.45, 7) is 1.49. The number of nitrogens with one attached hydrogen (secondary N) is 2. The van der Waals surface area contributed by atoms with Crippen LogP contribution in [0.25, 0.3) is 0 Å². The molecule has 0 bridgehead atoms. The quantitative estimate of drug-likeness (QED) is 0.804. The number of carbonyl (C=O) groups is 1. The molecule has 1 fully saturated rings. The zero-order valence-corrected chi connectivity index (χ0v) is 10.1. The van der Waals surface area contributed by atoms with Gasteiger partial charge in [0.25, 0.3) is 0 Å². The molecule has 1 aliphatic rings. The van der Waals surface area contributed by atoms with Crippen molar-refractivity contribution in [3.8, 4) is 6.07 Å². The van der Waals surface area contributed by atoms with Crippen LogP contribution in [-0.2, 0) is 4.79 Å². The van der Waals surface area contributed by atoms with Crippen molar-refractivity contribution >= 4 is 5.91 Å². The van der Waals surface area contributed by atoms with Gasteiger partial charge < -0.3 is 10.6 Å². The van der Waals surface area contributed by atoms with E-state index in [1.54, 1.807) is 6.92 Å². The molecule has 1 saturated heterocycles. The summed E-state index contributed by atoms with van der Waals surface area (Å²) in [6, 6.07) is 1.33. The summed E-state index contributed by atoms with van der Waals surface area (Å²) in [7, 11) is 0. The minimum absolute atomic E-state index is 0.0175. The predicted octanol–water partition coefficient (Wildman–Crippen LogP) is 1.34. The molecule has 0 aromatic carbocycles. The van der Waals surface area contributed by atoms with Crippen molar-refractivity contribution in [2.75, 3.05) is 13.1 Å². The molecule has 0 radical (unpaired) electrons. The van der Waals surface area contributed by atoms with Gasteiger partial charge in [-0.1, -0.05) is 6.92 Å². The number of nitrogens with zero attached hydrogens (tertiary/aromatic N) is 1. The number of alkyl halides is 3. The van der Waals surface area contributed by atoms with Gasteiger partial charge >= 0.3 is 6.18 Å². The van der Waals surface area contributed by atoms with Crippen molar-refractivity contribution in [1.82, 2.24) is 10.6 Å². The SMILES string of the molecule is CCC(CC#N)NC(=O)C1(C(F)(F)F)CCNC1. The molecule has 0 aromatic heterocycles. The predicted molar refractivity (Wildman–Crippen MR) is 58.4 cm³/mol. The second-order valence-corrected chi connectivity index (χ2v) is 4.45. The van der Waals surface area contributed by atoms with E-state index in [0.29, 0.717) is 6.42 Å². The summed E-state index contributed by atoms with van der Waals surface area (Å²) in [6.07, 6.45) is -4.39. The lowest BCUT2D eigenvalue weighted by molar-refractivity contribution is -0.216. The Labute approximate surface area is 104 Å². The van der Waals surface area contributed by atoms with E-state index < -0.39 is 30.1 Å². The van der Waals surface area contributed by atoms with Crippen LogP contribution in [0.15, 0.2) is 0 Å². The lowest BCUT2D eigenvalue weighted by atomic mass is 9.84. The third-order valence-corrected chi connectivity index (χ3v) is 3.30. The molecule has 7 heteroatoms. The molecule has 0 aliphatic carbocycles. The van der Waals surface area contributed by atoms with Crippen LogP contribution >= 0.6 is 0 Å². The first-order valence-electron chi connectivity index (χ1n) is 5.82. The number of rotatable bonds is 4. The molecule has 4 nitrogen and oxygen atoms in total. The van der Waals surface area contributed by atoms with Crippen LogP contribution in [0.3, 0.4) is 0 Å². The molecule has 1 amide bonds. The first-order chi connectivity index (χ1) is 8.37. The number of halogens is 3. The van der Waals surface area contributed by atoms with E-state index in [1.807, 2.05) is 6.07 Å². The summed E-state index contributed by atoms with van der Waals surface area (Å²) in [5, 5.41) is 13.4. The molecule has 1 heterocycles. The minimum atomic E-state index is -4.58. The van der Waals surface area contributed by atoms with Crippen LogP contribution in [0, 0.1) is 16.7 Å². The summed E-state index contributed by atoms with van der Waals surface area (Å²) >= 11 is 0. The molecule has 1 rings (SSSR count). The van der Waals surface area contributed by atoms with Crippen LogP contribution in [0.1, 0.15) is 26.2 Å². The maximum Gasteiger partial charge on any atom is 0.404 e.